The highest BCUT2D eigenvalue weighted by Gasteiger charge is 2.30. The Labute approximate surface area is 365 Å². The molecule has 2 atom stereocenters. The number of hydrogen-bond donors (Lipinski definition) is 8. The summed E-state index contributed by atoms with van der Waals surface area (Å²) in [4.78, 5) is 51.0. The van der Waals surface area contributed by atoms with Gasteiger partial charge in [-0.05, 0) is 69.0 Å². The van der Waals surface area contributed by atoms with Gasteiger partial charge in [-0.25, -0.2) is 9.59 Å². The SMILES string of the molecule is Cc1cn(-c2ccc(Cl)c(C(=O)NCC3(O)CCCCCC3)c2)c(=O)n1CC(O)CN.NCC(O)Cn1ccn(-c2ccc(Cl)c(C(=O)NCC3(O)CCCCCC3)c2)c1=O. The minimum Gasteiger partial charge on any atom is -0.390 e. The molecule has 2 fully saturated rings. The van der Waals surface area contributed by atoms with Crippen molar-refractivity contribution in [1.29, 1.82) is 0 Å². The van der Waals surface area contributed by atoms with Crippen molar-refractivity contribution in [1.82, 2.24) is 28.9 Å². The smallest absolute Gasteiger partial charge is 0.333 e. The van der Waals surface area contributed by atoms with Crippen molar-refractivity contribution in [3.63, 3.8) is 0 Å². The zero-order valence-electron chi connectivity index (χ0n) is 34.7. The van der Waals surface area contributed by atoms with Gasteiger partial charge in [-0.2, -0.15) is 0 Å². The first-order valence-electron chi connectivity index (χ1n) is 21.0. The lowest BCUT2D eigenvalue weighted by atomic mass is 9.94. The standard InChI is InChI=1S/C22H31ClN4O4.C21H29ClN4O4/c1-15-12-27(21(30)26(15)13-17(28)11-24)16-6-7-19(23)18(10-16)20(29)25-14-22(31)8-4-2-3-5-9-22;22-18-6-5-15(26-10-9-25(20(26)29)13-16(27)12-23)11-17(18)19(28)24-14-21(30)7-3-1-2-4-8-21/h6-7,10,12,17,28,31H,2-5,8-9,11,13-14,24H2,1H3,(H,25,29);5-6,9-11,16,27,30H,1-4,7-8,12-14,23H2,(H,24,28). The number of hydrogen-bond acceptors (Lipinski definition) is 10. The summed E-state index contributed by atoms with van der Waals surface area (Å²) in [5.74, 6) is -0.794. The number of aliphatic hydroxyl groups excluding tert-OH is 2. The Morgan fingerprint density at radius 3 is 1.59 bits per heavy atom. The topological polar surface area (TPSA) is 245 Å². The van der Waals surface area contributed by atoms with Gasteiger partial charge in [0.15, 0.2) is 0 Å². The van der Waals surface area contributed by atoms with Gasteiger partial charge in [-0.3, -0.25) is 27.9 Å². The van der Waals surface area contributed by atoms with E-state index in [0.717, 1.165) is 51.4 Å². The van der Waals surface area contributed by atoms with Crippen molar-refractivity contribution < 1.29 is 30.0 Å². The van der Waals surface area contributed by atoms with Crippen molar-refractivity contribution >= 4 is 35.0 Å². The molecule has 18 heteroatoms. The molecular weight excluding hydrogens is 827 g/mol. The summed E-state index contributed by atoms with van der Waals surface area (Å²) < 4.78 is 5.57. The van der Waals surface area contributed by atoms with Gasteiger partial charge in [0.2, 0.25) is 0 Å². The maximum atomic E-state index is 12.8. The van der Waals surface area contributed by atoms with E-state index in [1.54, 1.807) is 61.9 Å². The fraction of sp³-hybridized carbons (Fsp3) is 0.535. The van der Waals surface area contributed by atoms with Crippen LogP contribution in [0.2, 0.25) is 10.0 Å². The van der Waals surface area contributed by atoms with Crippen LogP contribution >= 0.6 is 23.2 Å². The number of benzene rings is 2. The summed E-state index contributed by atoms with van der Waals surface area (Å²) in [7, 11) is 0. The van der Waals surface area contributed by atoms with Gasteiger partial charge in [0.05, 0.1) is 69.0 Å². The highest BCUT2D eigenvalue weighted by molar-refractivity contribution is 6.34. The summed E-state index contributed by atoms with van der Waals surface area (Å²) in [5, 5.41) is 47.2. The number of aryl methyl sites for hydroxylation is 1. The summed E-state index contributed by atoms with van der Waals surface area (Å²) in [6, 6.07) is 9.52. The number of nitrogens with zero attached hydrogens (tertiary/aromatic N) is 4. The van der Waals surface area contributed by atoms with Gasteiger partial charge in [0.25, 0.3) is 11.8 Å². The Bertz CT molecular complexity index is 2220. The molecule has 334 valence electrons. The van der Waals surface area contributed by atoms with E-state index in [-0.39, 0.29) is 71.8 Å². The highest BCUT2D eigenvalue weighted by atomic mass is 35.5. The van der Waals surface area contributed by atoms with Crippen molar-refractivity contribution in [3.05, 3.63) is 103 Å². The van der Waals surface area contributed by atoms with Crippen molar-refractivity contribution in [2.24, 2.45) is 11.5 Å². The number of amides is 2. The Kier molecular flexibility index (Phi) is 17.0. The fourth-order valence-corrected chi connectivity index (χ4v) is 8.22. The third-order valence-corrected chi connectivity index (χ3v) is 12.2. The number of halogens is 2. The molecule has 0 bridgehead atoms. The largest absolute Gasteiger partial charge is 0.390 e. The molecule has 0 radical (unpaired) electrons. The molecule has 61 heavy (non-hydrogen) atoms. The first-order valence-corrected chi connectivity index (χ1v) is 21.8. The van der Waals surface area contributed by atoms with E-state index in [0.29, 0.717) is 42.8 Å². The molecule has 0 spiro atoms. The van der Waals surface area contributed by atoms with E-state index < -0.39 is 35.2 Å². The average Bonchev–Trinajstić information content (AvgIpc) is 3.51. The quantitative estimate of drug-likeness (QED) is 0.0860. The number of aliphatic hydroxyl groups is 4. The van der Waals surface area contributed by atoms with Gasteiger partial charge in [0, 0.05) is 50.5 Å². The second kappa shape index (κ2) is 21.7. The van der Waals surface area contributed by atoms with Gasteiger partial charge >= 0.3 is 11.4 Å². The number of carbonyl (C=O) groups is 2. The van der Waals surface area contributed by atoms with E-state index in [1.165, 1.54) is 18.3 Å². The molecule has 4 aromatic rings. The second-order valence-electron chi connectivity index (χ2n) is 16.4. The van der Waals surface area contributed by atoms with Crippen LogP contribution in [0.15, 0.2) is 64.6 Å². The van der Waals surface area contributed by atoms with Gasteiger partial charge in [-0.1, -0.05) is 74.6 Å². The second-order valence-corrected chi connectivity index (χ2v) is 17.2. The van der Waals surface area contributed by atoms with Crippen LogP contribution in [0, 0.1) is 6.92 Å². The van der Waals surface area contributed by atoms with Crippen LogP contribution in [0.25, 0.3) is 11.4 Å². The monoisotopic (exact) mass is 886 g/mol. The summed E-state index contributed by atoms with van der Waals surface area (Å²) in [6.45, 7) is 2.37. The number of nitrogens with two attached hydrogens (primary N) is 2. The molecule has 10 N–H and O–H groups in total. The van der Waals surface area contributed by atoms with Crippen LogP contribution < -0.4 is 33.5 Å². The number of imidazole rings is 2. The maximum absolute atomic E-state index is 12.8. The summed E-state index contributed by atoms with van der Waals surface area (Å²) in [5.41, 5.74) is 10.5. The van der Waals surface area contributed by atoms with Crippen LogP contribution in [0.1, 0.15) is 103 Å². The number of rotatable bonds is 14. The van der Waals surface area contributed by atoms with Gasteiger partial charge < -0.3 is 42.5 Å². The van der Waals surface area contributed by atoms with Gasteiger partial charge in [0.1, 0.15) is 0 Å². The molecule has 2 aliphatic rings. The Balaban J connectivity index is 0.000000231. The number of nitrogens with one attached hydrogen (secondary N) is 2. The minimum atomic E-state index is -0.897. The third kappa shape index (κ3) is 12.7. The van der Waals surface area contributed by atoms with E-state index in [2.05, 4.69) is 10.6 Å². The normalized spacial score (nSPS) is 17.3. The Morgan fingerprint density at radius 2 is 1.13 bits per heavy atom. The van der Waals surface area contributed by atoms with Crippen LogP contribution in [-0.2, 0) is 13.1 Å². The predicted octanol–water partition coefficient (Wildman–Crippen LogP) is 3.16. The van der Waals surface area contributed by atoms with Crippen LogP contribution in [0.3, 0.4) is 0 Å². The lowest BCUT2D eigenvalue weighted by Crippen LogP contribution is -2.42. The molecule has 2 amide bonds. The first-order chi connectivity index (χ1) is 29.1. The summed E-state index contributed by atoms with van der Waals surface area (Å²) in [6.07, 6.45) is 13.9. The van der Waals surface area contributed by atoms with Crippen molar-refractivity contribution in [3.8, 4) is 11.4 Å². The molecule has 0 saturated heterocycles. The maximum Gasteiger partial charge on any atom is 0.333 e. The van der Waals surface area contributed by atoms with Crippen molar-refractivity contribution in [2.45, 2.75) is 120 Å². The molecule has 0 aliphatic heterocycles. The van der Waals surface area contributed by atoms with Crippen LogP contribution in [0.4, 0.5) is 0 Å². The van der Waals surface area contributed by atoms with E-state index in [4.69, 9.17) is 34.7 Å². The lowest BCUT2D eigenvalue weighted by Gasteiger charge is -2.27. The van der Waals surface area contributed by atoms with E-state index in [1.807, 2.05) is 0 Å². The molecule has 6 rings (SSSR count). The first kappa shape index (κ1) is 47.8. The zero-order chi connectivity index (χ0) is 44.3. The molecule has 2 aliphatic carbocycles. The molecule has 2 heterocycles. The lowest BCUT2D eigenvalue weighted by molar-refractivity contribution is 0.0245. The van der Waals surface area contributed by atoms with Crippen molar-refractivity contribution in [2.75, 3.05) is 26.2 Å². The zero-order valence-corrected chi connectivity index (χ0v) is 36.2. The number of carbonyl (C=O) groups excluding carboxylic acids is 2. The average molecular weight is 888 g/mol. The van der Waals surface area contributed by atoms with E-state index >= 15 is 0 Å². The fourth-order valence-electron chi connectivity index (χ4n) is 7.82. The molecule has 2 aromatic heterocycles. The molecule has 2 aromatic carbocycles. The molecule has 2 unspecified atom stereocenters. The summed E-state index contributed by atoms with van der Waals surface area (Å²) >= 11 is 12.5. The molecule has 16 nitrogen and oxygen atoms in total. The predicted molar refractivity (Wildman–Crippen MR) is 235 cm³/mol. The Hall–Kier alpha value is -4.26. The number of aromatic nitrogens is 4. The van der Waals surface area contributed by atoms with E-state index in [9.17, 15) is 39.6 Å². The Morgan fingerprint density at radius 1 is 0.689 bits per heavy atom. The third-order valence-electron chi connectivity index (χ3n) is 11.5. The van der Waals surface area contributed by atoms with Crippen LogP contribution in [0.5, 0.6) is 0 Å². The minimum absolute atomic E-state index is 0.0503. The highest BCUT2D eigenvalue weighted by Crippen LogP contribution is 2.28. The van der Waals surface area contributed by atoms with Gasteiger partial charge in [-0.15, -0.1) is 0 Å². The van der Waals surface area contributed by atoms with Crippen LogP contribution in [-0.4, -0.2) is 100 Å². The molecular formula is C43H60Cl2N8O8. The molecule has 2 saturated carbocycles.